The molecule has 1 aromatic carbocycles. The molecule has 1 aromatic rings. The Labute approximate surface area is 117 Å². The van der Waals surface area contributed by atoms with Crippen LogP contribution in [0, 0.1) is 5.41 Å². The van der Waals surface area contributed by atoms with Crippen molar-refractivity contribution < 1.29 is 24.2 Å². The predicted octanol–water partition coefficient (Wildman–Crippen LogP) is 2.14. The van der Waals surface area contributed by atoms with E-state index in [0.717, 1.165) is 0 Å². The largest absolute Gasteiger partial charge is 0.493 e. The molecule has 6 heteroatoms. The van der Waals surface area contributed by atoms with E-state index in [1.807, 2.05) is 0 Å². The lowest BCUT2D eigenvalue weighted by atomic mass is 9.89. The van der Waals surface area contributed by atoms with E-state index in [2.05, 4.69) is 5.32 Å². The van der Waals surface area contributed by atoms with Crippen molar-refractivity contribution in [1.29, 1.82) is 0 Å². The molecule has 0 unspecified atom stereocenters. The maximum Gasteiger partial charge on any atom is 0.309 e. The van der Waals surface area contributed by atoms with Crippen LogP contribution in [0.15, 0.2) is 18.2 Å². The summed E-state index contributed by atoms with van der Waals surface area (Å²) in [6, 6.07) is 4.94. The Morgan fingerprint density at radius 2 is 1.80 bits per heavy atom. The third kappa shape index (κ3) is 3.88. The number of carboxylic acid groups (broad SMARTS) is 1. The quantitative estimate of drug-likeness (QED) is 0.834. The van der Waals surface area contributed by atoms with Crippen molar-refractivity contribution in [3.05, 3.63) is 18.2 Å². The molecule has 0 aromatic heterocycles. The molecule has 1 rings (SSSR count). The summed E-state index contributed by atoms with van der Waals surface area (Å²) in [5.41, 5.74) is -0.588. The number of hydrogen-bond donors (Lipinski definition) is 2. The second kappa shape index (κ2) is 6.27. The fraction of sp³-hybridized carbons (Fsp3) is 0.429. The minimum atomic E-state index is -1.11. The number of benzene rings is 1. The minimum absolute atomic E-state index is 0.114. The maximum absolute atomic E-state index is 11.8. The number of carboxylic acids is 1. The summed E-state index contributed by atoms with van der Waals surface area (Å²) in [6.07, 6.45) is -0.114. The van der Waals surface area contributed by atoms with E-state index in [1.165, 1.54) is 28.1 Å². The predicted molar refractivity (Wildman–Crippen MR) is 74.2 cm³/mol. The molecule has 110 valence electrons. The van der Waals surface area contributed by atoms with Crippen LogP contribution in [0.25, 0.3) is 0 Å². The SMILES string of the molecule is COc1ccc(NC(=O)CC(C)(C)C(=O)O)cc1OC. The molecule has 20 heavy (non-hydrogen) atoms. The normalized spacial score (nSPS) is 10.8. The molecule has 2 N–H and O–H groups in total. The van der Waals surface area contributed by atoms with Gasteiger partial charge in [-0.2, -0.15) is 0 Å². The van der Waals surface area contributed by atoms with Gasteiger partial charge in [0.15, 0.2) is 11.5 Å². The molecule has 0 aliphatic carbocycles. The molecule has 6 nitrogen and oxygen atoms in total. The summed E-state index contributed by atoms with van der Waals surface area (Å²) in [4.78, 5) is 22.8. The van der Waals surface area contributed by atoms with Crippen molar-refractivity contribution in [1.82, 2.24) is 0 Å². The molecule has 0 spiro atoms. The lowest BCUT2D eigenvalue weighted by Crippen LogP contribution is -2.29. The van der Waals surface area contributed by atoms with Crippen LogP contribution in [0.3, 0.4) is 0 Å². The van der Waals surface area contributed by atoms with E-state index in [9.17, 15) is 9.59 Å². The molecule has 0 saturated carbocycles. The number of hydrogen-bond acceptors (Lipinski definition) is 4. The van der Waals surface area contributed by atoms with Gasteiger partial charge in [-0.3, -0.25) is 9.59 Å². The van der Waals surface area contributed by atoms with Crippen molar-refractivity contribution in [2.24, 2.45) is 5.41 Å². The zero-order chi connectivity index (χ0) is 15.3. The second-order valence-electron chi connectivity index (χ2n) is 4.98. The van der Waals surface area contributed by atoms with E-state index in [1.54, 1.807) is 18.2 Å². The van der Waals surface area contributed by atoms with Gasteiger partial charge < -0.3 is 19.9 Å². The first kappa shape index (κ1) is 15.8. The standard InChI is InChI=1S/C14H19NO5/c1-14(2,13(17)18)8-12(16)15-9-5-6-10(19-3)11(7-9)20-4/h5-7H,8H2,1-4H3,(H,15,16)(H,17,18). The number of methoxy groups -OCH3 is 2. The number of carbonyl (C=O) groups is 2. The van der Waals surface area contributed by atoms with Crippen LogP contribution in [0.1, 0.15) is 20.3 Å². The Balaban J connectivity index is 2.79. The summed E-state index contributed by atoms with van der Waals surface area (Å²) >= 11 is 0. The highest BCUT2D eigenvalue weighted by molar-refractivity contribution is 5.94. The fourth-order valence-corrected chi connectivity index (χ4v) is 1.60. The highest BCUT2D eigenvalue weighted by Crippen LogP contribution is 2.30. The van der Waals surface area contributed by atoms with Crippen molar-refractivity contribution in [2.75, 3.05) is 19.5 Å². The van der Waals surface area contributed by atoms with Gasteiger partial charge in [-0.15, -0.1) is 0 Å². The monoisotopic (exact) mass is 281 g/mol. The number of amides is 1. The maximum atomic E-state index is 11.8. The summed E-state index contributed by atoms with van der Waals surface area (Å²) < 4.78 is 10.2. The van der Waals surface area contributed by atoms with Gasteiger partial charge >= 0.3 is 5.97 Å². The Hall–Kier alpha value is -2.24. The average Bonchev–Trinajstić information content (AvgIpc) is 2.37. The first-order valence-corrected chi connectivity index (χ1v) is 6.05. The number of nitrogens with one attached hydrogen (secondary N) is 1. The first-order valence-electron chi connectivity index (χ1n) is 6.05. The number of ether oxygens (including phenoxy) is 2. The van der Waals surface area contributed by atoms with Crippen LogP contribution < -0.4 is 14.8 Å². The molecule has 0 aliphatic heterocycles. The summed E-state index contributed by atoms with van der Waals surface area (Å²) in [5.74, 6) is -0.344. The van der Waals surface area contributed by atoms with E-state index < -0.39 is 11.4 Å². The summed E-state index contributed by atoms with van der Waals surface area (Å²) in [6.45, 7) is 3.01. The Morgan fingerprint density at radius 1 is 1.20 bits per heavy atom. The van der Waals surface area contributed by atoms with Crippen molar-refractivity contribution in [3.8, 4) is 11.5 Å². The van der Waals surface area contributed by atoms with Crippen LogP contribution in [0.2, 0.25) is 0 Å². The highest BCUT2D eigenvalue weighted by atomic mass is 16.5. The zero-order valence-electron chi connectivity index (χ0n) is 12.0. The lowest BCUT2D eigenvalue weighted by Gasteiger charge is -2.18. The molecule has 0 aliphatic rings. The van der Waals surface area contributed by atoms with Crippen LogP contribution in [0.4, 0.5) is 5.69 Å². The fourth-order valence-electron chi connectivity index (χ4n) is 1.60. The smallest absolute Gasteiger partial charge is 0.309 e. The third-order valence-electron chi connectivity index (χ3n) is 2.85. The minimum Gasteiger partial charge on any atom is -0.493 e. The highest BCUT2D eigenvalue weighted by Gasteiger charge is 2.30. The summed E-state index contributed by atoms with van der Waals surface area (Å²) in [5, 5.41) is 11.6. The Bertz CT molecular complexity index is 510. The van der Waals surface area contributed by atoms with Gasteiger partial charge in [-0.1, -0.05) is 0 Å². The molecular weight excluding hydrogens is 262 g/mol. The van der Waals surface area contributed by atoms with Crippen LogP contribution in [-0.4, -0.2) is 31.2 Å². The third-order valence-corrected chi connectivity index (χ3v) is 2.85. The lowest BCUT2D eigenvalue weighted by molar-refractivity contribution is -0.148. The van der Waals surface area contributed by atoms with Crippen LogP contribution >= 0.6 is 0 Å². The van der Waals surface area contributed by atoms with Crippen molar-refractivity contribution in [3.63, 3.8) is 0 Å². The van der Waals surface area contributed by atoms with E-state index in [0.29, 0.717) is 17.2 Å². The second-order valence-corrected chi connectivity index (χ2v) is 4.98. The molecular formula is C14H19NO5. The topological polar surface area (TPSA) is 84.9 Å². The van der Waals surface area contributed by atoms with E-state index in [4.69, 9.17) is 14.6 Å². The molecule has 0 radical (unpaired) electrons. The van der Waals surface area contributed by atoms with E-state index >= 15 is 0 Å². The molecule has 1 amide bonds. The number of rotatable bonds is 6. The molecule has 0 heterocycles. The average molecular weight is 281 g/mol. The Morgan fingerprint density at radius 3 is 2.30 bits per heavy atom. The number of carbonyl (C=O) groups excluding carboxylic acids is 1. The summed E-state index contributed by atoms with van der Waals surface area (Å²) in [7, 11) is 3.02. The zero-order valence-corrected chi connectivity index (χ0v) is 12.0. The van der Waals surface area contributed by atoms with Crippen molar-refractivity contribution >= 4 is 17.6 Å². The van der Waals surface area contributed by atoms with Crippen LogP contribution in [-0.2, 0) is 9.59 Å². The van der Waals surface area contributed by atoms with Crippen LogP contribution in [0.5, 0.6) is 11.5 Å². The van der Waals surface area contributed by atoms with Gasteiger partial charge in [0.2, 0.25) is 5.91 Å². The van der Waals surface area contributed by atoms with Gasteiger partial charge in [0.05, 0.1) is 19.6 Å². The van der Waals surface area contributed by atoms with Gasteiger partial charge in [0, 0.05) is 18.2 Å². The van der Waals surface area contributed by atoms with E-state index in [-0.39, 0.29) is 12.3 Å². The molecule has 0 saturated heterocycles. The number of anilines is 1. The van der Waals surface area contributed by atoms with Gasteiger partial charge in [-0.25, -0.2) is 0 Å². The van der Waals surface area contributed by atoms with Crippen molar-refractivity contribution in [2.45, 2.75) is 20.3 Å². The molecule has 0 bridgehead atoms. The molecule has 0 atom stereocenters. The number of aliphatic carboxylic acids is 1. The van der Waals surface area contributed by atoms with Gasteiger partial charge in [0.25, 0.3) is 0 Å². The molecule has 0 fully saturated rings. The van der Waals surface area contributed by atoms with Gasteiger partial charge in [0.1, 0.15) is 0 Å². The van der Waals surface area contributed by atoms with Gasteiger partial charge in [-0.05, 0) is 26.0 Å². The first-order chi connectivity index (χ1) is 9.30. The Kier molecular flexibility index (Phi) is 4.96.